The molecule has 2 aromatic heterocycles. The van der Waals surface area contributed by atoms with Crippen LogP contribution in [0.4, 0.5) is 13.2 Å². The molecule has 1 aromatic carbocycles. The number of carbonyl (C=O) groups is 1. The lowest BCUT2D eigenvalue weighted by atomic mass is 9.87. The van der Waals surface area contributed by atoms with E-state index in [0.717, 1.165) is 44.0 Å². The molecule has 214 valence electrons. The Labute approximate surface area is 231 Å². The van der Waals surface area contributed by atoms with Gasteiger partial charge in [-0.2, -0.15) is 0 Å². The van der Waals surface area contributed by atoms with Crippen molar-refractivity contribution in [3.63, 3.8) is 0 Å². The number of hydrogen-bond donors (Lipinski definition) is 2. The van der Waals surface area contributed by atoms with Crippen molar-refractivity contribution in [1.29, 1.82) is 0 Å². The number of amides is 1. The van der Waals surface area contributed by atoms with Crippen LogP contribution in [0, 0.1) is 17.5 Å². The molecule has 0 radical (unpaired) electrons. The Kier molecular flexibility index (Phi) is 8.53. The molecule has 2 aliphatic rings. The van der Waals surface area contributed by atoms with Crippen molar-refractivity contribution >= 4 is 12.1 Å². The summed E-state index contributed by atoms with van der Waals surface area (Å²) in [5.41, 5.74) is 7.01. The summed E-state index contributed by atoms with van der Waals surface area (Å²) in [6.45, 7) is 2.57. The fraction of sp³-hybridized carbons (Fsp3) is 0.483. The van der Waals surface area contributed by atoms with Crippen LogP contribution in [0.1, 0.15) is 55.7 Å². The van der Waals surface area contributed by atoms with Gasteiger partial charge >= 0.3 is 0 Å². The second kappa shape index (κ2) is 12.1. The molecule has 40 heavy (non-hydrogen) atoms. The van der Waals surface area contributed by atoms with Gasteiger partial charge in [0.05, 0.1) is 5.56 Å². The summed E-state index contributed by atoms with van der Waals surface area (Å²) in [5, 5.41) is 2.61. The number of hydrogen-bond acceptors (Lipinski definition) is 6. The number of aromatic nitrogens is 2. The number of benzene rings is 1. The van der Waals surface area contributed by atoms with Gasteiger partial charge in [0.1, 0.15) is 23.1 Å². The fourth-order valence-electron chi connectivity index (χ4n) is 6.44. The molecule has 8 nitrogen and oxygen atoms in total. The summed E-state index contributed by atoms with van der Waals surface area (Å²) in [7, 11) is 0. The number of nitrogens with two attached hydrogens (primary N) is 1. The van der Waals surface area contributed by atoms with Crippen LogP contribution in [0.25, 0.3) is 5.65 Å². The molecular formula is C29H35F3N6O2. The Morgan fingerprint density at radius 2 is 1.88 bits per heavy atom. The molecule has 2 atom stereocenters. The van der Waals surface area contributed by atoms with Gasteiger partial charge in [-0.15, -0.1) is 0 Å². The number of nitrogens with zero attached hydrogens (tertiary/aromatic N) is 4. The van der Waals surface area contributed by atoms with Gasteiger partial charge in [-0.1, -0.05) is 12.8 Å². The molecule has 0 bridgehead atoms. The van der Waals surface area contributed by atoms with E-state index in [1.165, 1.54) is 22.6 Å². The number of piperazine rings is 1. The van der Waals surface area contributed by atoms with Crippen LogP contribution >= 0.6 is 0 Å². The highest BCUT2D eigenvalue weighted by atomic mass is 19.1. The standard InChI is InChI=1S/C29H35F3N6O2/c30-21-3-5-25(32)24(13-21)26(14-23(33)7-10-34-19-39)36-11-12-37(29(18-36)8-1-2-9-29)16-20-15-35-27-6-4-22(31)17-38(27)28(20)40/h3-6,13,15,17,19,23,26H,1-2,7-12,14,16,18,33H2,(H,34,39). The van der Waals surface area contributed by atoms with Crippen LogP contribution in [-0.4, -0.2) is 63.4 Å². The highest BCUT2D eigenvalue weighted by Gasteiger charge is 2.45. The Hall–Kier alpha value is -3.28. The predicted octanol–water partition coefficient (Wildman–Crippen LogP) is 3.14. The maximum absolute atomic E-state index is 15.1. The van der Waals surface area contributed by atoms with E-state index in [-0.39, 0.29) is 22.7 Å². The minimum absolute atomic E-state index is 0.253. The Balaban J connectivity index is 1.42. The quantitative estimate of drug-likeness (QED) is 0.294. The fourth-order valence-corrected chi connectivity index (χ4v) is 6.44. The average Bonchev–Trinajstić information content (AvgIpc) is 3.40. The summed E-state index contributed by atoms with van der Waals surface area (Å²) in [6, 6.07) is 5.49. The van der Waals surface area contributed by atoms with Crippen molar-refractivity contribution in [3.8, 4) is 0 Å². The molecular weight excluding hydrogens is 521 g/mol. The summed E-state index contributed by atoms with van der Waals surface area (Å²) in [6.07, 6.45) is 8.14. The number of carbonyl (C=O) groups excluding carboxylic acids is 1. The van der Waals surface area contributed by atoms with Gasteiger partial charge in [-0.25, -0.2) is 18.2 Å². The largest absolute Gasteiger partial charge is 0.359 e. The van der Waals surface area contributed by atoms with E-state index in [1.54, 1.807) is 6.20 Å². The minimum atomic E-state index is -0.509. The van der Waals surface area contributed by atoms with Crippen molar-refractivity contribution in [2.24, 2.45) is 5.73 Å². The number of pyridine rings is 1. The molecule has 3 N–H and O–H groups in total. The first kappa shape index (κ1) is 28.3. The molecule has 1 spiro atoms. The zero-order chi connectivity index (χ0) is 28.3. The highest BCUT2D eigenvalue weighted by Crippen LogP contribution is 2.42. The van der Waals surface area contributed by atoms with Gasteiger partial charge in [0.25, 0.3) is 5.56 Å². The normalized spacial score (nSPS) is 19.2. The van der Waals surface area contributed by atoms with Gasteiger partial charge in [0.2, 0.25) is 6.41 Å². The van der Waals surface area contributed by atoms with E-state index in [4.69, 9.17) is 5.73 Å². The summed E-state index contributed by atoms with van der Waals surface area (Å²) in [5.74, 6) is -1.49. The zero-order valence-corrected chi connectivity index (χ0v) is 22.4. The lowest BCUT2D eigenvalue weighted by molar-refractivity contribution is -0.109. The van der Waals surface area contributed by atoms with Gasteiger partial charge in [-0.05, 0) is 56.0 Å². The lowest BCUT2D eigenvalue weighted by Crippen LogP contribution is -2.61. The van der Waals surface area contributed by atoms with Crippen molar-refractivity contribution in [2.45, 2.75) is 62.7 Å². The third-order valence-corrected chi connectivity index (χ3v) is 8.48. The van der Waals surface area contributed by atoms with Crippen molar-refractivity contribution in [1.82, 2.24) is 24.5 Å². The summed E-state index contributed by atoms with van der Waals surface area (Å²) >= 11 is 0. The van der Waals surface area contributed by atoms with Gasteiger partial charge < -0.3 is 11.1 Å². The first-order valence-electron chi connectivity index (χ1n) is 13.8. The second-order valence-corrected chi connectivity index (χ2v) is 11.0. The van der Waals surface area contributed by atoms with Gasteiger partial charge in [0.15, 0.2) is 0 Å². The van der Waals surface area contributed by atoms with Crippen LogP contribution < -0.4 is 16.6 Å². The van der Waals surface area contributed by atoms with Gasteiger partial charge in [0, 0.05) is 68.3 Å². The van der Waals surface area contributed by atoms with Crippen LogP contribution in [0.15, 0.2) is 47.5 Å². The number of fused-ring (bicyclic) bond motifs is 1. The number of nitrogens with one attached hydrogen (secondary N) is 1. The van der Waals surface area contributed by atoms with E-state index in [2.05, 4.69) is 20.1 Å². The van der Waals surface area contributed by atoms with E-state index >= 15 is 4.39 Å². The highest BCUT2D eigenvalue weighted by molar-refractivity contribution is 5.45. The first-order chi connectivity index (χ1) is 19.3. The van der Waals surface area contributed by atoms with Crippen LogP contribution in [0.2, 0.25) is 0 Å². The smallest absolute Gasteiger partial charge is 0.262 e. The SMILES string of the molecule is NC(CCNC=O)CC(c1cc(F)ccc1F)N1CCN(Cc2cnc3ccc(F)cn3c2=O)C2(CCCC2)C1. The van der Waals surface area contributed by atoms with E-state index < -0.39 is 23.5 Å². The average molecular weight is 557 g/mol. The second-order valence-electron chi connectivity index (χ2n) is 11.0. The van der Waals surface area contributed by atoms with Crippen molar-refractivity contribution in [2.75, 3.05) is 26.2 Å². The molecule has 1 aliphatic carbocycles. The molecule has 1 saturated heterocycles. The van der Waals surface area contributed by atoms with E-state index in [9.17, 15) is 18.4 Å². The van der Waals surface area contributed by atoms with Crippen LogP contribution in [-0.2, 0) is 11.3 Å². The molecule has 2 unspecified atom stereocenters. The molecule has 3 heterocycles. The third-order valence-electron chi connectivity index (χ3n) is 8.48. The number of rotatable bonds is 10. The number of halogens is 3. The van der Waals surface area contributed by atoms with Gasteiger partial charge in [-0.3, -0.25) is 23.8 Å². The third kappa shape index (κ3) is 5.91. The molecule has 1 saturated carbocycles. The van der Waals surface area contributed by atoms with E-state index in [0.29, 0.717) is 63.2 Å². The molecule has 11 heteroatoms. The Bertz CT molecular complexity index is 1410. The molecule has 1 aliphatic heterocycles. The Morgan fingerprint density at radius 1 is 1.10 bits per heavy atom. The summed E-state index contributed by atoms with van der Waals surface area (Å²) in [4.78, 5) is 32.8. The molecule has 3 aromatic rings. The van der Waals surface area contributed by atoms with Crippen molar-refractivity contribution < 1.29 is 18.0 Å². The first-order valence-corrected chi connectivity index (χ1v) is 13.8. The minimum Gasteiger partial charge on any atom is -0.359 e. The maximum atomic E-state index is 15.1. The monoisotopic (exact) mass is 556 g/mol. The topological polar surface area (TPSA) is 96.0 Å². The molecule has 2 fully saturated rings. The summed E-state index contributed by atoms with van der Waals surface area (Å²) < 4.78 is 44.5. The Morgan fingerprint density at radius 3 is 2.65 bits per heavy atom. The predicted molar refractivity (Wildman–Crippen MR) is 145 cm³/mol. The zero-order valence-electron chi connectivity index (χ0n) is 22.4. The van der Waals surface area contributed by atoms with E-state index in [1.807, 2.05) is 0 Å². The lowest BCUT2D eigenvalue weighted by Gasteiger charge is -2.51. The van der Waals surface area contributed by atoms with Crippen LogP contribution in [0.5, 0.6) is 0 Å². The maximum Gasteiger partial charge on any atom is 0.262 e. The molecule has 1 amide bonds. The van der Waals surface area contributed by atoms with Crippen LogP contribution in [0.3, 0.4) is 0 Å². The molecule has 5 rings (SSSR count). The van der Waals surface area contributed by atoms with Crippen molar-refractivity contribution in [3.05, 3.63) is 81.7 Å².